The highest BCUT2D eigenvalue weighted by atomic mass is 16.4. The molecule has 0 aromatic heterocycles. The van der Waals surface area contributed by atoms with Crippen LogP contribution in [0.4, 0.5) is 0 Å². The van der Waals surface area contributed by atoms with E-state index in [2.05, 4.69) is 5.92 Å². The van der Waals surface area contributed by atoms with E-state index in [1.807, 2.05) is 0 Å². The molecule has 0 heterocycles. The molecular weight excluding hydrogens is 194 g/mol. The molecule has 0 saturated heterocycles. The first-order valence-electron chi connectivity index (χ1n) is 4.29. The molecule has 0 aliphatic rings. The van der Waals surface area contributed by atoms with Crippen LogP contribution in [0.1, 0.15) is 17.2 Å². The smallest absolute Gasteiger partial charge is 0.323 e. The molecule has 0 aliphatic heterocycles. The van der Waals surface area contributed by atoms with Gasteiger partial charge in [0.15, 0.2) is 0 Å². The highest BCUT2D eigenvalue weighted by molar-refractivity contribution is 5.74. The van der Waals surface area contributed by atoms with Crippen LogP contribution >= 0.6 is 0 Å². The summed E-state index contributed by atoms with van der Waals surface area (Å²) in [5.74, 6) is 1.14. The first-order valence-corrected chi connectivity index (χ1v) is 4.29. The van der Waals surface area contributed by atoms with Crippen LogP contribution in [0.2, 0.25) is 0 Å². The SMILES string of the molecule is C#Cc1cccc(C(O)C(N)C(=O)O)c1. The average Bonchev–Trinajstić information content (AvgIpc) is 2.27. The number of aliphatic hydroxyl groups is 1. The van der Waals surface area contributed by atoms with Crippen molar-refractivity contribution in [3.05, 3.63) is 35.4 Å². The van der Waals surface area contributed by atoms with Gasteiger partial charge >= 0.3 is 5.97 Å². The summed E-state index contributed by atoms with van der Waals surface area (Å²) < 4.78 is 0. The van der Waals surface area contributed by atoms with Crippen molar-refractivity contribution < 1.29 is 15.0 Å². The van der Waals surface area contributed by atoms with Gasteiger partial charge in [0.05, 0.1) is 0 Å². The zero-order valence-corrected chi connectivity index (χ0v) is 7.92. The van der Waals surface area contributed by atoms with Crippen LogP contribution in [-0.4, -0.2) is 22.2 Å². The number of hydrogen-bond donors (Lipinski definition) is 3. The second-order valence-electron chi connectivity index (χ2n) is 3.08. The molecule has 15 heavy (non-hydrogen) atoms. The van der Waals surface area contributed by atoms with Gasteiger partial charge in [-0.15, -0.1) is 6.42 Å². The van der Waals surface area contributed by atoms with Gasteiger partial charge in [0.1, 0.15) is 12.1 Å². The number of carboxylic acid groups (broad SMARTS) is 1. The molecule has 0 bridgehead atoms. The van der Waals surface area contributed by atoms with Crippen molar-refractivity contribution in [2.75, 3.05) is 0 Å². The molecule has 4 nitrogen and oxygen atoms in total. The van der Waals surface area contributed by atoms with E-state index in [1.54, 1.807) is 18.2 Å². The number of aliphatic carboxylic acids is 1. The van der Waals surface area contributed by atoms with Gasteiger partial charge in [-0.2, -0.15) is 0 Å². The fourth-order valence-corrected chi connectivity index (χ4v) is 1.15. The maximum absolute atomic E-state index is 10.5. The molecule has 0 fully saturated rings. The first-order chi connectivity index (χ1) is 7.06. The molecule has 78 valence electrons. The van der Waals surface area contributed by atoms with Gasteiger partial charge in [0.2, 0.25) is 0 Å². The number of carbonyl (C=O) groups is 1. The Hall–Kier alpha value is -1.83. The molecule has 0 aliphatic carbocycles. The Morgan fingerprint density at radius 3 is 2.73 bits per heavy atom. The average molecular weight is 205 g/mol. The lowest BCUT2D eigenvalue weighted by Gasteiger charge is -2.15. The lowest BCUT2D eigenvalue weighted by atomic mass is 10.0. The number of rotatable bonds is 3. The van der Waals surface area contributed by atoms with Gasteiger partial charge in [-0.3, -0.25) is 4.79 Å². The van der Waals surface area contributed by atoms with E-state index in [4.69, 9.17) is 17.3 Å². The first kappa shape index (κ1) is 11.2. The van der Waals surface area contributed by atoms with Crippen molar-refractivity contribution in [2.45, 2.75) is 12.1 Å². The molecule has 0 radical (unpaired) electrons. The van der Waals surface area contributed by atoms with Gasteiger partial charge < -0.3 is 15.9 Å². The molecule has 2 unspecified atom stereocenters. The van der Waals surface area contributed by atoms with Crippen LogP contribution in [0, 0.1) is 12.3 Å². The molecule has 1 rings (SSSR count). The third-order valence-corrected chi connectivity index (χ3v) is 2.02. The highest BCUT2D eigenvalue weighted by Crippen LogP contribution is 2.16. The van der Waals surface area contributed by atoms with Crippen molar-refractivity contribution in [1.29, 1.82) is 0 Å². The Bertz CT molecular complexity index is 409. The summed E-state index contributed by atoms with van der Waals surface area (Å²) >= 11 is 0. The molecule has 0 saturated carbocycles. The van der Waals surface area contributed by atoms with Crippen LogP contribution in [0.5, 0.6) is 0 Å². The van der Waals surface area contributed by atoms with Crippen LogP contribution in [0.25, 0.3) is 0 Å². The fraction of sp³-hybridized carbons (Fsp3) is 0.182. The molecule has 0 spiro atoms. The van der Waals surface area contributed by atoms with Crippen molar-refractivity contribution in [2.24, 2.45) is 5.73 Å². The summed E-state index contributed by atoms with van der Waals surface area (Å²) in [5, 5.41) is 18.2. The number of carboxylic acids is 1. The van der Waals surface area contributed by atoms with E-state index in [9.17, 15) is 9.90 Å². The number of terminal acetylenes is 1. The van der Waals surface area contributed by atoms with E-state index in [0.717, 1.165) is 0 Å². The summed E-state index contributed by atoms with van der Waals surface area (Å²) in [6, 6.07) is 5.09. The summed E-state index contributed by atoms with van der Waals surface area (Å²) in [5.41, 5.74) is 6.26. The minimum atomic E-state index is -1.35. The van der Waals surface area contributed by atoms with Gasteiger partial charge in [0, 0.05) is 5.56 Å². The van der Waals surface area contributed by atoms with Gasteiger partial charge in [-0.25, -0.2) is 0 Å². The monoisotopic (exact) mass is 205 g/mol. The Balaban J connectivity index is 2.96. The zero-order valence-electron chi connectivity index (χ0n) is 7.92. The van der Waals surface area contributed by atoms with Crippen molar-refractivity contribution in [3.8, 4) is 12.3 Å². The number of benzene rings is 1. The fourth-order valence-electron chi connectivity index (χ4n) is 1.15. The van der Waals surface area contributed by atoms with Crippen LogP contribution in [0.15, 0.2) is 24.3 Å². The predicted octanol–water partition coefficient (Wildman–Crippen LogP) is 0.113. The number of hydrogen-bond acceptors (Lipinski definition) is 3. The highest BCUT2D eigenvalue weighted by Gasteiger charge is 2.23. The van der Waals surface area contributed by atoms with Crippen LogP contribution in [-0.2, 0) is 4.79 Å². The maximum atomic E-state index is 10.5. The Morgan fingerprint density at radius 1 is 1.53 bits per heavy atom. The molecule has 0 amide bonds. The maximum Gasteiger partial charge on any atom is 0.323 e. The van der Waals surface area contributed by atoms with Crippen molar-refractivity contribution in [1.82, 2.24) is 0 Å². The molecular formula is C11H11NO3. The largest absolute Gasteiger partial charge is 0.480 e. The second kappa shape index (κ2) is 4.60. The van der Waals surface area contributed by atoms with Crippen molar-refractivity contribution >= 4 is 5.97 Å². The van der Waals surface area contributed by atoms with Crippen LogP contribution < -0.4 is 5.73 Å². The summed E-state index contributed by atoms with van der Waals surface area (Å²) in [7, 11) is 0. The molecule has 2 atom stereocenters. The van der Waals surface area contributed by atoms with Crippen LogP contribution in [0.3, 0.4) is 0 Å². The summed E-state index contributed by atoms with van der Waals surface area (Å²) in [4.78, 5) is 10.5. The topological polar surface area (TPSA) is 83.5 Å². The number of aliphatic hydroxyl groups excluding tert-OH is 1. The third kappa shape index (κ3) is 2.56. The summed E-state index contributed by atoms with van der Waals surface area (Å²) in [6.07, 6.45) is 3.92. The zero-order chi connectivity index (χ0) is 11.4. The second-order valence-corrected chi connectivity index (χ2v) is 3.08. The van der Waals surface area contributed by atoms with Gasteiger partial charge in [-0.05, 0) is 17.7 Å². The standard InChI is InChI=1S/C11H11NO3/c1-2-7-4-3-5-8(6-7)10(13)9(12)11(14)15/h1,3-6,9-10,13H,12H2,(H,14,15). The lowest BCUT2D eigenvalue weighted by molar-refractivity contribution is -0.141. The number of nitrogens with two attached hydrogens (primary N) is 1. The molecule has 1 aromatic carbocycles. The van der Waals surface area contributed by atoms with E-state index < -0.39 is 18.1 Å². The predicted molar refractivity (Wildman–Crippen MR) is 54.9 cm³/mol. The Labute approximate surface area is 87.3 Å². The molecule has 1 aromatic rings. The quantitative estimate of drug-likeness (QED) is 0.612. The van der Waals surface area contributed by atoms with E-state index in [0.29, 0.717) is 11.1 Å². The third-order valence-electron chi connectivity index (χ3n) is 2.02. The summed E-state index contributed by atoms with van der Waals surface area (Å²) in [6.45, 7) is 0. The van der Waals surface area contributed by atoms with Gasteiger partial charge in [0.25, 0.3) is 0 Å². The van der Waals surface area contributed by atoms with Gasteiger partial charge in [-0.1, -0.05) is 18.1 Å². The van der Waals surface area contributed by atoms with Crippen molar-refractivity contribution in [3.63, 3.8) is 0 Å². The Kier molecular flexibility index (Phi) is 3.45. The Morgan fingerprint density at radius 2 is 2.20 bits per heavy atom. The van der Waals surface area contributed by atoms with E-state index in [1.165, 1.54) is 6.07 Å². The minimum absolute atomic E-state index is 0.403. The lowest BCUT2D eigenvalue weighted by Crippen LogP contribution is -2.36. The van der Waals surface area contributed by atoms with E-state index >= 15 is 0 Å². The minimum Gasteiger partial charge on any atom is -0.480 e. The van der Waals surface area contributed by atoms with E-state index in [-0.39, 0.29) is 0 Å². The molecule has 4 N–H and O–H groups in total. The molecule has 4 heteroatoms. The normalized spacial score (nSPS) is 13.9.